The molecular formula is C20H13FN4O2S2. The van der Waals surface area contributed by atoms with Crippen molar-refractivity contribution in [2.45, 2.75) is 6.54 Å². The maximum absolute atomic E-state index is 13.8. The molecule has 0 aliphatic carbocycles. The summed E-state index contributed by atoms with van der Waals surface area (Å²) in [6.07, 6.45) is 0. The molecule has 1 amide bonds. The molecule has 0 saturated heterocycles. The van der Waals surface area contributed by atoms with Gasteiger partial charge in [0, 0.05) is 0 Å². The molecule has 0 aliphatic rings. The number of nitrogens with zero attached hydrogens (tertiary/aromatic N) is 1. The maximum Gasteiger partial charge on any atom is 0.253 e. The second kappa shape index (κ2) is 6.94. The minimum Gasteiger partial charge on any atom is -0.457 e. The highest BCUT2D eigenvalue weighted by molar-refractivity contribution is 7.71. The number of hydrogen-bond acceptors (Lipinski definition) is 5. The molecule has 144 valence electrons. The Morgan fingerprint density at radius 3 is 2.93 bits per heavy atom. The molecular weight excluding hydrogens is 411 g/mol. The molecule has 0 spiro atoms. The van der Waals surface area contributed by atoms with Crippen molar-refractivity contribution in [3.63, 3.8) is 0 Å². The van der Waals surface area contributed by atoms with Crippen LogP contribution in [0.5, 0.6) is 0 Å². The van der Waals surface area contributed by atoms with E-state index in [0.717, 1.165) is 15.2 Å². The number of halogens is 1. The van der Waals surface area contributed by atoms with Crippen LogP contribution in [-0.4, -0.2) is 20.9 Å². The predicted molar refractivity (Wildman–Crippen MR) is 112 cm³/mol. The van der Waals surface area contributed by atoms with E-state index in [9.17, 15) is 9.18 Å². The van der Waals surface area contributed by atoms with Crippen molar-refractivity contribution in [1.29, 1.82) is 0 Å². The Balaban J connectivity index is 1.36. The lowest BCUT2D eigenvalue weighted by Crippen LogP contribution is -2.23. The van der Waals surface area contributed by atoms with Crippen molar-refractivity contribution in [1.82, 2.24) is 20.3 Å². The van der Waals surface area contributed by atoms with Crippen LogP contribution in [0.1, 0.15) is 16.1 Å². The van der Waals surface area contributed by atoms with Gasteiger partial charge in [-0.1, -0.05) is 12.1 Å². The number of carbonyl (C=O) groups is 1. The Morgan fingerprint density at radius 2 is 2.07 bits per heavy atom. The van der Waals surface area contributed by atoms with Crippen LogP contribution in [0.25, 0.3) is 32.0 Å². The van der Waals surface area contributed by atoms with Gasteiger partial charge in [-0.3, -0.25) is 4.79 Å². The third-order valence-electron chi connectivity index (χ3n) is 4.42. The molecule has 3 aromatic heterocycles. The fourth-order valence-corrected chi connectivity index (χ4v) is 4.25. The highest BCUT2D eigenvalue weighted by Gasteiger charge is 2.15. The summed E-state index contributed by atoms with van der Waals surface area (Å²) in [4.78, 5) is 22.8. The van der Waals surface area contributed by atoms with Gasteiger partial charge < -0.3 is 19.7 Å². The van der Waals surface area contributed by atoms with Gasteiger partial charge in [0.25, 0.3) is 5.91 Å². The highest BCUT2D eigenvalue weighted by Crippen LogP contribution is 2.31. The molecule has 6 nitrogen and oxygen atoms in total. The second-order valence-corrected chi connectivity index (χ2v) is 7.83. The molecule has 0 unspecified atom stereocenters. The van der Waals surface area contributed by atoms with Crippen molar-refractivity contribution in [3.05, 3.63) is 70.4 Å². The summed E-state index contributed by atoms with van der Waals surface area (Å²) in [6.45, 7) is 0.160. The zero-order chi connectivity index (χ0) is 20.0. The topological polar surface area (TPSA) is 86.7 Å². The number of aromatic nitrogens is 3. The van der Waals surface area contributed by atoms with Crippen LogP contribution >= 0.6 is 23.6 Å². The van der Waals surface area contributed by atoms with Crippen molar-refractivity contribution in [3.8, 4) is 10.8 Å². The number of thiazole rings is 1. The number of para-hydroxylation sites is 1. The van der Waals surface area contributed by atoms with Gasteiger partial charge in [-0.2, -0.15) is 0 Å². The Morgan fingerprint density at radius 1 is 1.21 bits per heavy atom. The lowest BCUT2D eigenvalue weighted by Gasteiger charge is -2.05. The number of rotatable bonds is 4. The van der Waals surface area contributed by atoms with Gasteiger partial charge in [-0.25, -0.2) is 9.37 Å². The van der Waals surface area contributed by atoms with Gasteiger partial charge in [0.1, 0.15) is 11.6 Å². The molecule has 5 aromatic rings. The summed E-state index contributed by atoms with van der Waals surface area (Å²) in [6, 6.07) is 13.9. The Hall–Kier alpha value is -3.30. The molecule has 9 heteroatoms. The highest BCUT2D eigenvalue weighted by atomic mass is 32.1. The van der Waals surface area contributed by atoms with Crippen LogP contribution in [0.2, 0.25) is 0 Å². The maximum atomic E-state index is 13.8. The largest absolute Gasteiger partial charge is 0.457 e. The fraction of sp³-hybridized carbons (Fsp3) is 0.0500. The molecule has 0 bridgehead atoms. The molecule has 2 aromatic carbocycles. The summed E-state index contributed by atoms with van der Waals surface area (Å²) >= 11 is 6.57. The summed E-state index contributed by atoms with van der Waals surface area (Å²) < 4.78 is 21.1. The average Bonchev–Trinajstić information content (AvgIpc) is 3.42. The van der Waals surface area contributed by atoms with Crippen LogP contribution in [0.4, 0.5) is 4.39 Å². The molecule has 0 atom stereocenters. The first kappa shape index (κ1) is 17.8. The minimum atomic E-state index is -0.524. The fourth-order valence-electron chi connectivity index (χ4n) is 3.11. The Labute approximate surface area is 172 Å². The van der Waals surface area contributed by atoms with Crippen LogP contribution in [-0.2, 0) is 6.54 Å². The number of amides is 1. The quantitative estimate of drug-likeness (QED) is 0.348. The van der Waals surface area contributed by atoms with Gasteiger partial charge in [-0.05, 0) is 48.6 Å². The van der Waals surface area contributed by atoms with Crippen LogP contribution < -0.4 is 5.32 Å². The Kier molecular flexibility index (Phi) is 4.26. The normalized spacial score (nSPS) is 11.3. The van der Waals surface area contributed by atoms with Crippen molar-refractivity contribution >= 4 is 50.7 Å². The average molecular weight is 424 g/mol. The van der Waals surface area contributed by atoms with Crippen LogP contribution in [0.3, 0.4) is 0 Å². The molecule has 0 fully saturated rings. The number of nitrogens with one attached hydrogen (secondary N) is 3. The van der Waals surface area contributed by atoms with Gasteiger partial charge in [0.05, 0.1) is 33.4 Å². The number of aromatic amines is 2. The number of fused-ring (bicyclic) bond motifs is 2. The van der Waals surface area contributed by atoms with E-state index in [2.05, 4.69) is 20.3 Å². The molecule has 3 heterocycles. The van der Waals surface area contributed by atoms with Crippen molar-refractivity contribution in [2.75, 3.05) is 0 Å². The molecule has 5 rings (SSSR count). The number of carbonyl (C=O) groups excluding carboxylic acids is 1. The smallest absolute Gasteiger partial charge is 0.253 e. The van der Waals surface area contributed by atoms with E-state index in [1.807, 2.05) is 30.3 Å². The second-order valence-electron chi connectivity index (χ2n) is 6.39. The minimum absolute atomic E-state index is 0.160. The number of H-pyrrole nitrogens is 2. The lowest BCUT2D eigenvalue weighted by atomic mass is 10.1. The van der Waals surface area contributed by atoms with E-state index in [-0.39, 0.29) is 12.1 Å². The molecule has 0 saturated carbocycles. The van der Waals surface area contributed by atoms with Crippen molar-refractivity contribution < 1.29 is 13.6 Å². The Bertz CT molecular complexity index is 1400. The summed E-state index contributed by atoms with van der Waals surface area (Å²) in [5.74, 6) is 0.252. The monoisotopic (exact) mass is 424 g/mol. The van der Waals surface area contributed by atoms with E-state index in [4.69, 9.17) is 16.6 Å². The molecule has 3 N–H and O–H groups in total. The first-order valence-corrected chi connectivity index (χ1v) is 9.94. The van der Waals surface area contributed by atoms with Crippen molar-refractivity contribution in [2.24, 2.45) is 0 Å². The van der Waals surface area contributed by atoms with Gasteiger partial charge >= 0.3 is 0 Å². The van der Waals surface area contributed by atoms with Gasteiger partial charge in [0.2, 0.25) is 0 Å². The van der Waals surface area contributed by atoms with E-state index in [1.165, 1.54) is 23.5 Å². The summed E-state index contributed by atoms with van der Waals surface area (Å²) in [7, 11) is 0. The lowest BCUT2D eigenvalue weighted by molar-refractivity contribution is 0.0949. The van der Waals surface area contributed by atoms with E-state index < -0.39 is 11.7 Å². The number of furan rings is 1. The first-order chi connectivity index (χ1) is 14.1. The van der Waals surface area contributed by atoms with Gasteiger partial charge in [0.15, 0.2) is 15.5 Å². The predicted octanol–water partition coefficient (Wildman–Crippen LogP) is 5.16. The molecule has 0 radical (unpaired) electrons. The summed E-state index contributed by atoms with van der Waals surface area (Å²) in [5.41, 5.74) is 1.99. The number of imidazole rings is 1. The van der Waals surface area contributed by atoms with E-state index in [0.29, 0.717) is 27.3 Å². The van der Waals surface area contributed by atoms with Crippen LogP contribution in [0.15, 0.2) is 52.9 Å². The van der Waals surface area contributed by atoms with Gasteiger partial charge in [-0.15, -0.1) is 11.3 Å². The third kappa shape index (κ3) is 3.34. The first-order valence-electron chi connectivity index (χ1n) is 8.71. The number of hydrogen-bond donors (Lipinski definition) is 3. The zero-order valence-electron chi connectivity index (χ0n) is 14.8. The standard InChI is InChI=1S/C20H13FN4O2S2/c21-10-7-12(17-14(8-10)24-20(28)25-17)18(26)22-9-11-5-6-15(27-11)19-23-13-3-1-2-4-16(13)29-19/h1-8H,9H2,(H,22,26)(H2,24,25,28). The third-order valence-corrected chi connectivity index (χ3v) is 5.68. The molecule has 29 heavy (non-hydrogen) atoms. The molecule has 0 aliphatic heterocycles. The number of benzene rings is 2. The summed E-state index contributed by atoms with van der Waals surface area (Å²) in [5, 5.41) is 3.52. The SMILES string of the molecule is O=C(NCc1ccc(-c2nc3ccccc3s2)o1)c1cc(F)cc2[nH]c(=S)[nH]c12. The van der Waals surface area contributed by atoms with Crippen LogP contribution in [0, 0.1) is 10.6 Å². The van der Waals surface area contributed by atoms with E-state index >= 15 is 0 Å². The zero-order valence-corrected chi connectivity index (χ0v) is 16.4. The van der Waals surface area contributed by atoms with E-state index in [1.54, 1.807) is 6.07 Å².